The molecule has 2 aromatic rings. The van der Waals surface area contributed by atoms with E-state index in [1.54, 1.807) is 0 Å². The maximum Gasteiger partial charge on any atom is 0.0534 e. The molecule has 0 spiro atoms. The molecule has 0 saturated carbocycles. The Morgan fingerprint density at radius 3 is 2.52 bits per heavy atom. The summed E-state index contributed by atoms with van der Waals surface area (Å²) in [6, 6.07) is 13.3. The molecule has 3 aliphatic rings. The molecule has 1 aliphatic carbocycles. The van der Waals surface area contributed by atoms with E-state index in [0.717, 1.165) is 40.9 Å². The molecule has 27 heavy (non-hydrogen) atoms. The highest BCUT2D eigenvalue weighted by Gasteiger charge is 2.39. The van der Waals surface area contributed by atoms with Crippen LogP contribution in [0.15, 0.2) is 36.4 Å². The molecule has 4 atom stereocenters. The SMILES string of the molecule is CN1[C@@H]2CC[C@H]1CC(c1ccc3c(n1)CCc1ccccc1C3C(=O)[O-])C2. The molecule has 1 aromatic heterocycles. The number of hydrogen-bond acceptors (Lipinski definition) is 4. The standard InChI is InChI=1S/C23H26N2O2/c1-25-16-7-8-17(25)13-15(12-16)20-11-9-19-21(24-20)10-6-14-4-2-3-5-18(14)22(19)23(26)27/h2-5,9,11,15-17,22H,6-8,10,12-13H2,1H3,(H,26,27)/p-1/t15?,16-,17+,22?. The van der Waals surface area contributed by atoms with Crippen LogP contribution < -0.4 is 5.11 Å². The lowest BCUT2D eigenvalue weighted by atomic mass is 9.86. The monoisotopic (exact) mass is 361 g/mol. The van der Waals surface area contributed by atoms with Crippen molar-refractivity contribution in [1.29, 1.82) is 0 Å². The largest absolute Gasteiger partial charge is 0.549 e. The number of hydrogen-bond donors (Lipinski definition) is 0. The molecular formula is C23H25N2O2-. The second-order valence-electron chi connectivity index (χ2n) is 8.44. The molecule has 2 fully saturated rings. The van der Waals surface area contributed by atoms with Gasteiger partial charge < -0.3 is 14.8 Å². The summed E-state index contributed by atoms with van der Waals surface area (Å²) in [6.45, 7) is 0. The van der Waals surface area contributed by atoms with Crippen molar-refractivity contribution >= 4 is 5.97 Å². The van der Waals surface area contributed by atoms with Crippen molar-refractivity contribution in [1.82, 2.24) is 9.88 Å². The molecule has 2 bridgehead atoms. The average molecular weight is 361 g/mol. The minimum Gasteiger partial charge on any atom is -0.549 e. The normalized spacial score (nSPS) is 29.7. The number of rotatable bonds is 2. The van der Waals surface area contributed by atoms with Crippen LogP contribution in [0, 0.1) is 0 Å². The van der Waals surface area contributed by atoms with E-state index in [1.807, 2.05) is 30.3 Å². The Morgan fingerprint density at radius 2 is 1.78 bits per heavy atom. The first-order valence-corrected chi connectivity index (χ1v) is 10.1. The number of aryl methyl sites for hydroxylation is 2. The van der Waals surface area contributed by atoms with E-state index < -0.39 is 11.9 Å². The summed E-state index contributed by atoms with van der Waals surface area (Å²) < 4.78 is 0. The second-order valence-corrected chi connectivity index (χ2v) is 8.44. The minimum atomic E-state index is -1.03. The van der Waals surface area contributed by atoms with Crippen LogP contribution in [-0.4, -0.2) is 35.0 Å². The molecule has 4 nitrogen and oxygen atoms in total. The summed E-state index contributed by atoms with van der Waals surface area (Å²) in [6.07, 6.45) is 6.56. The summed E-state index contributed by atoms with van der Waals surface area (Å²) in [5, 5.41) is 12.0. The molecule has 2 unspecified atom stereocenters. The van der Waals surface area contributed by atoms with Gasteiger partial charge in [-0.3, -0.25) is 4.98 Å². The van der Waals surface area contributed by atoms with Crippen molar-refractivity contribution in [3.05, 3.63) is 64.5 Å². The van der Waals surface area contributed by atoms with E-state index >= 15 is 0 Å². The van der Waals surface area contributed by atoms with Gasteiger partial charge in [0.05, 0.1) is 11.9 Å². The predicted molar refractivity (Wildman–Crippen MR) is 101 cm³/mol. The van der Waals surface area contributed by atoms with Gasteiger partial charge in [-0.25, -0.2) is 0 Å². The number of pyridine rings is 1. The van der Waals surface area contributed by atoms with Gasteiger partial charge in [0.2, 0.25) is 0 Å². The third kappa shape index (κ3) is 2.78. The third-order valence-electron chi connectivity index (χ3n) is 7.09. The summed E-state index contributed by atoms with van der Waals surface area (Å²) in [7, 11) is 2.25. The quantitative estimate of drug-likeness (QED) is 0.824. The number of benzene rings is 1. The second kappa shape index (κ2) is 6.45. The van der Waals surface area contributed by atoms with Gasteiger partial charge in [0, 0.05) is 29.4 Å². The van der Waals surface area contributed by atoms with Crippen LogP contribution in [0.4, 0.5) is 0 Å². The number of carbonyl (C=O) groups excluding carboxylic acids is 1. The van der Waals surface area contributed by atoms with Crippen molar-refractivity contribution in [2.75, 3.05) is 7.05 Å². The number of nitrogens with zero attached hydrogens (tertiary/aromatic N) is 2. The summed E-state index contributed by atoms with van der Waals surface area (Å²) in [4.78, 5) is 19.6. The van der Waals surface area contributed by atoms with Gasteiger partial charge in [0.25, 0.3) is 0 Å². The highest BCUT2D eigenvalue weighted by molar-refractivity contribution is 5.80. The summed E-state index contributed by atoms with van der Waals surface area (Å²) in [5.74, 6) is -1.25. The van der Waals surface area contributed by atoms with E-state index in [4.69, 9.17) is 4.98 Å². The fourth-order valence-corrected chi connectivity index (χ4v) is 5.59. The van der Waals surface area contributed by atoms with Gasteiger partial charge in [-0.15, -0.1) is 0 Å². The zero-order chi connectivity index (χ0) is 18.5. The maximum absolute atomic E-state index is 12.0. The molecule has 0 radical (unpaired) electrons. The number of carboxylic acid groups (broad SMARTS) is 1. The molecule has 140 valence electrons. The van der Waals surface area contributed by atoms with E-state index in [9.17, 15) is 9.90 Å². The van der Waals surface area contributed by atoms with Crippen LogP contribution in [0.5, 0.6) is 0 Å². The van der Waals surface area contributed by atoms with Crippen LogP contribution in [0.3, 0.4) is 0 Å². The van der Waals surface area contributed by atoms with Gasteiger partial charge in [-0.05, 0) is 68.3 Å². The topological polar surface area (TPSA) is 56.3 Å². The van der Waals surface area contributed by atoms with E-state index in [0.29, 0.717) is 18.0 Å². The van der Waals surface area contributed by atoms with E-state index in [1.165, 1.54) is 25.7 Å². The molecule has 4 heteroatoms. The van der Waals surface area contributed by atoms with E-state index in [2.05, 4.69) is 18.0 Å². The molecule has 0 N–H and O–H groups in total. The Balaban J connectivity index is 1.52. The minimum absolute atomic E-state index is 0.496. The molecular weight excluding hydrogens is 336 g/mol. The Morgan fingerprint density at radius 1 is 1.04 bits per heavy atom. The van der Waals surface area contributed by atoms with Gasteiger partial charge in [-0.1, -0.05) is 30.3 Å². The first kappa shape index (κ1) is 16.9. The molecule has 5 rings (SSSR count). The van der Waals surface area contributed by atoms with E-state index in [-0.39, 0.29) is 0 Å². The number of piperidine rings is 1. The Kier molecular flexibility index (Phi) is 4.05. The lowest BCUT2D eigenvalue weighted by Crippen LogP contribution is -2.39. The number of aliphatic carboxylic acids is 1. The highest BCUT2D eigenvalue weighted by Crippen LogP contribution is 2.42. The fraction of sp³-hybridized carbons (Fsp3) is 0.478. The fourth-order valence-electron chi connectivity index (χ4n) is 5.59. The van der Waals surface area contributed by atoms with Crippen molar-refractivity contribution in [3.63, 3.8) is 0 Å². The summed E-state index contributed by atoms with van der Waals surface area (Å²) in [5.41, 5.74) is 4.89. The smallest absolute Gasteiger partial charge is 0.0534 e. The van der Waals surface area contributed by atoms with Crippen LogP contribution >= 0.6 is 0 Å². The molecule has 2 aliphatic heterocycles. The highest BCUT2D eigenvalue weighted by atomic mass is 16.4. The maximum atomic E-state index is 12.0. The van der Waals surface area contributed by atoms with Gasteiger partial charge in [-0.2, -0.15) is 0 Å². The zero-order valence-electron chi connectivity index (χ0n) is 15.7. The number of fused-ring (bicyclic) bond motifs is 4. The predicted octanol–water partition coefficient (Wildman–Crippen LogP) is 2.40. The Labute approximate surface area is 160 Å². The first-order chi connectivity index (χ1) is 13.1. The van der Waals surface area contributed by atoms with Gasteiger partial charge in [0.15, 0.2) is 0 Å². The Bertz CT molecular complexity index is 880. The zero-order valence-corrected chi connectivity index (χ0v) is 15.7. The van der Waals surface area contributed by atoms with Crippen LogP contribution in [0.25, 0.3) is 0 Å². The van der Waals surface area contributed by atoms with Gasteiger partial charge >= 0.3 is 0 Å². The molecule has 2 saturated heterocycles. The number of aromatic nitrogens is 1. The average Bonchev–Trinajstić information content (AvgIpc) is 2.87. The van der Waals surface area contributed by atoms with Crippen molar-refractivity contribution in [2.24, 2.45) is 0 Å². The van der Waals surface area contributed by atoms with Crippen LogP contribution in [0.2, 0.25) is 0 Å². The van der Waals surface area contributed by atoms with Crippen LogP contribution in [0.1, 0.15) is 65.6 Å². The van der Waals surface area contributed by atoms with Crippen LogP contribution in [-0.2, 0) is 17.6 Å². The molecule has 0 amide bonds. The van der Waals surface area contributed by atoms with Crippen molar-refractivity contribution in [3.8, 4) is 0 Å². The van der Waals surface area contributed by atoms with Gasteiger partial charge in [0.1, 0.15) is 0 Å². The number of carbonyl (C=O) groups is 1. The first-order valence-electron chi connectivity index (χ1n) is 10.1. The molecule has 3 heterocycles. The number of carboxylic acids is 1. The lowest BCUT2D eigenvalue weighted by molar-refractivity contribution is -0.306. The molecule has 1 aromatic carbocycles. The van der Waals surface area contributed by atoms with Crippen molar-refractivity contribution in [2.45, 2.75) is 62.4 Å². The van der Waals surface area contributed by atoms with Crippen molar-refractivity contribution < 1.29 is 9.90 Å². The summed E-state index contributed by atoms with van der Waals surface area (Å²) >= 11 is 0. The third-order valence-corrected chi connectivity index (χ3v) is 7.09. The lowest BCUT2D eigenvalue weighted by Gasteiger charge is -2.36. The Hall–Kier alpha value is -2.20.